The van der Waals surface area contributed by atoms with Crippen LogP contribution < -0.4 is 10.6 Å². The summed E-state index contributed by atoms with van der Waals surface area (Å²) < 4.78 is 5.62. The molecule has 1 saturated heterocycles. The first-order valence-electron chi connectivity index (χ1n) is 9.57. The zero-order valence-corrected chi connectivity index (χ0v) is 16.1. The lowest BCUT2D eigenvalue weighted by Gasteiger charge is -2.31. The Hall–Kier alpha value is -1.59. The monoisotopic (exact) mass is 346 g/mol. The van der Waals surface area contributed by atoms with Gasteiger partial charge in [0.2, 0.25) is 0 Å². The molecule has 5 heteroatoms. The van der Waals surface area contributed by atoms with Crippen molar-refractivity contribution in [1.29, 1.82) is 0 Å². The average Bonchev–Trinajstić information content (AvgIpc) is 2.61. The van der Waals surface area contributed by atoms with E-state index in [1.165, 1.54) is 30.4 Å². The number of nitrogens with zero attached hydrogens (tertiary/aromatic N) is 2. The van der Waals surface area contributed by atoms with Crippen LogP contribution in [0.5, 0.6) is 0 Å². The molecule has 25 heavy (non-hydrogen) atoms. The molecule has 0 aliphatic carbocycles. The highest BCUT2D eigenvalue weighted by atomic mass is 16.5. The topological polar surface area (TPSA) is 48.9 Å². The van der Waals surface area contributed by atoms with Crippen LogP contribution in [-0.4, -0.2) is 50.3 Å². The van der Waals surface area contributed by atoms with Gasteiger partial charge in [-0.15, -0.1) is 0 Å². The minimum Gasteiger partial charge on any atom is -0.376 e. The molecule has 140 valence electrons. The molecule has 5 nitrogen and oxygen atoms in total. The maximum Gasteiger partial charge on any atom is 0.191 e. The molecule has 1 aliphatic heterocycles. The Balaban J connectivity index is 1.80. The maximum absolute atomic E-state index is 5.62. The number of guanidine groups is 1. The fraction of sp³-hybridized carbons (Fsp3) is 0.650. The molecule has 0 amide bonds. The highest BCUT2D eigenvalue weighted by Crippen LogP contribution is 2.12. The van der Waals surface area contributed by atoms with Crippen LogP contribution in [0.3, 0.4) is 0 Å². The number of rotatable bonds is 8. The van der Waals surface area contributed by atoms with Gasteiger partial charge in [0.1, 0.15) is 0 Å². The number of ether oxygens (including phenoxy) is 1. The summed E-state index contributed by atoms with van der Waals surface area (Å²) in [6, 6.07) is 8.81. The van der Waals surface area contributed by atoms with Crippen molar-refractivity contribution < 1.29 is 4.74 Å². The first-order valence-corrected chi connectivity index (χ1v) is 9.57. The first-order chi connectivity index (χ1) is 12.2. The van der Waals surface area contributed by atoms with Crippen LogP contribution in [-0.2, 0) is 17.8 Å². The van der Waals surface area contributed by atoms with Gasteiger partial charge in [0.15, 0.2) is 5.96 Å². The molecule has 0 spiro atoms. The molecule has 0 aromatic heterocycles. The smallest absolute Gasteiger partial charge is 0.191 e. The van der Waals surface area contributed by atoms with E-state index in [-0.39, 0.29) is 0 Å². The van der Waals surface area contributed by atoms with Crippen LogP contribution in [0.4, 0.5) is 0 Å². The van der Waals surface area contributed by atoms with Gasteiger partial charge in [0.25, 0.3) is 0 Å². The summed E-state index contributed by atoms with van der Waals surface area (Å²) in [5.74, 6) is 0.878. The number of unbranched alkanes of at least 4 members (excludes halogenated alkanes) is 2. The molecular weight excluding hydrogens is 312 g/mol. The van der Waals surface area contributed by atoms with E-state index >= 15 is 0 Å². The van der Waals surface area contributed by atoms with Gasteiger partial charge in [-0.05, 0) is 24.5 Å². The molecule has 2 rings (SSSR count). The lowest BCUT2D eigenvalue weighted by atomic mass is 10.1. The minimum absolute atomic E-state index is 0.334. The van der Waals surface area contributed by atoms with Gasteiger partial charge in [-0.1, -0.05) is 44.0 Å². The highest BCUT2D eigenvalue weighted by Gasteiger charge is 2.16. The van der Waals surface area contributed by atoms with Crippen LogP contribution in [0.1, 0.15) is 44.2 Å². The Morgan fingerprint density at radius 1 is 1.28 bits per heavy atom. The van der Waals surface area contributed by atoms with Crippen molar-refractivity contribution >= 4 is 5.96 Å². The van der Waals surface area contributed by atoms with Crippen molar-refractivity contribution in [1.82, 2.24) is 15.5 Å². The molecular formula is C20H34N4O. The Labute approximate surface area is 152 Å². The van der Waals surface area contributed by atoms with E-state index in [0.29, 0.717) is 6.10 Å². The molecule has 1 fully saturated rings. The largest absolute Gasteiger partial charge is 0.376 e. The van der Waals surface area contributed by atoms with Gasteiger partial charge < -0.3 is 15.4 Å². The minimum atomic E-state index is 0.334. The van der Waals surface area contributed by atoms with E-state index < -0.39 is 0 Å². The Morgan fingerprint density at radius 2 is 2.12 bits per heavy atom. The molecule has 1 aliphatic rings. The van der Waals surface area contributed by atoms with Crippen molar-refractivity contribution in [3.05, 3.63) is 35.4 Å². The summed E-state index contributed by atoms with van der Waals surface area (Å²) >= 11 is 0. The number of hydrogen-bond acceptors (Lipinski definition) is 3. The van der Waals surface area contributed by atoms with Crippen LogP contribution in [0.25, 0.3) is 0 Å². The van der Waals surface area contributed by atoms with Gasteiger partial charge in [-0.2, -0.15) is 0 Å². The number of morpholine rings is 1. The second-order valence-corrected chi connectivity index (χ2v) is 6.80. The Kier molecular flexibility index (Phi) is 8.77. The molecule has 0 radical (unpaired) electrons. The van der Waals surface area contributed by atoms with Crippen LogP contribution >= 0.6 is 0 Å². The van der Waals surface area contributed by atoms with E-state index in [2.05, 4.69) is 58.6 Å². The first kappa shape index (κ1) is 19.7. The quantitative estimate of drug-likeness (QED) is 0.432. The van der Waals surface area contributed by atoms with Crippen molar-refractivity contribution in [2.45, 2.75) is 52.3 Å². The summed E-state index contributed by atoms with van der Waals surface area (Å²) in [5.41, 5.74) is 2.65. The standard InChI is InChI=1S/C20H34N4O/c1-4-5-6-10-22-20(21-3)23-14-18-8-7-9-19(13-18)16-24-11-12-25-17(2)15-24/h7-9,13,17H,4-6,10-12,14-16H2,1-3H3,(H2,21,22,23). The summed E-state index contributed by atoms with van der Waals surface area (Å²) in [4.78, 5) is 6.76. The molecule has 1 heterocycles. The molecule has 1 aromatic rings. The predicted molar refractivity (Wildman–Crippen MR) is 105 cm³/mol. The molecule has 1 unspecified atom stereocenters. The van der Waals surface area contributed by atoms with E-state index in [0.717, 1.165) is 45.3 Å². The van der Waals surface area contributed by atoms with Crippen molar-refractivity contribution in [2.24, 2.45) is 4.99 Å². The van der Waals surface area contributed by atoms with E-state index in [9.17, 15) is 0 Å². The third-order valence-corrected chi connectivity index (χ3v) is 4.48. The van der Waals surface area contributed by atoms with Gasteiger partial charge in [0.05, 0.1) is 12.7 Å². The lowest BCUT2D eigenvalue weighted by molar-refractivity contribution is -0.0212. The second kappa shape index (κ2) is 11.1. The number of nitrogens with one attached hydrogen (secondary N) is 2. The molecule has 0 bridgehead atoms. The SMILES string of the molecule is CCCCCNC(=NC)NCc1cccc(CN2CCOC(C)C2)c1. The number of hydrogen-bond donors (Lipinski definition) is 2. The predicted octanol–water partition coefficient (Wildman–Crippen LogP) is 2.76. The average molecular weight is 347 g/mol. The van der Waals surface area contributed by atoms with Crippen LogP contribution in [0, 0.1) is 0 Å². The second-order valence-electron chi connectivity index (χ2n) is 6.80. The van der Waals surface area contributed by atoms with Crippen molar-refractivity contribution in [3.8, 4) is 0 Å². The molecule has 0 saturated carbocycles. The third-order valence-electron chi connectivity index (χ3n) is 4.48. The molecule has 1 aromatic carbocycles. The molecule has 2 N–H and O–H groups in total. The third kappa shape index (κ3) is 7.45. The van der Waals surface area contributed by atoms with Gasteiger partial charge in [-0.3, -0.25) is 9.89 Å². The normalized spacial score (nSPS) is 19.0. The van der Waals surface area contributed by atoms with Crippen LogP contribution in [0.2, 0.25) is 0 Å². The Bertz CT molecular complexity index is 532. The number of benzene rings is 1. The fourth-order valence-corrected chi connectivity index (χ4v) is 3.12. The number of aliphatic imine (C=N–C) groups is 1. The van der Waals surface area contributed by atoms with E-state index in [1.807, 2.05) is 7.05 Å². The fourth-order valence-electron chi connectivity index (χ4n) is 3.12. The summed E-state index contributed by atoms with van der Waals surface area (Å²) in [7, 11) is 1.82. The summed E-state index contributed by atoms with van der Waals surface area (Å²) in [5, 5.41) is 6.78. The molecule has 1 atom stereocenters. The maximum atomic E-state index is 5.62. The van der Waals surface area contributed by atoms with Gasteiger partial charge in [-0.25, -0.2) is 0 Å². The summed E-state index contributed by atoms with van der Waals surface area (Å²) in [6.45, 7) is 9.98. The summed E-state index contributed by atoms with van der Waals surface area (Å²) in [6.07, 6.45) is 4.01. The highest BCUT2D eigenvalue weighted by molar-refractivity contribution is 5.79. The van der Waals surface area contributed by atoms with E-state index in [1.54, 1.807) is 0 Å². The zero-order chi connectivity index (χ0) is 17.9. The van der Waals surface area contributed by atoms with Crippen LogP contribution in [0.15, 0.2) is 29.3 Å². The van der Waals surface area contributed by atoms with Crippen molar-refractivity contribution in [2.75, 3.05) is 33.3 Å². The lowest BCUT2D eigenvalue weighted by Crippen LogP contribution is -2.40. The van der Waals surface area contributed by atoms with Gasteiger partial charge in [0, 0.05) is 39.8 Å². The zero-order valence-electron chi connectivity index (χ0n) is 16.1. The van der Waals surface area contributed by atoms with Gasteiger partial charge >= 0.3 is 0 Å². The Morgan fingerprint density at radius 3 is 2.88 bits per heavy atom. The van der Waals surface area contributed by atoms with Crippen molar-refractivity contribution in [3.63, 3.8) is 0 Å². The van der Waals surface area contributed by atoms with E-state index in [4.69, 9.17) is 4.74 Å².